The number of carboxylic acid groups (broad SMARTS) is 1. The number of rotatable bonds is 34. The second-order valence-electron chi connectivity index (χ2n) is 30.1. The molecular formula is C75H94N13O16PS. The van der Waals surface area contributed by atoms with E-state index in [2.05, 4.69) is 34.8 Å². The summed E-state index contributed by atoms with van der Waals surface area (Å²) in [6, 6.07) is 17.9. The number of anilines is 3. The van der Waals surface area contributed by atoms with Gasteiger partial charge in [0, 0.05) is 98.5 Å². The molecule has 4 bridgehead atoms. The number of nitrogens with one attached hydrogen (secondary N) is 3. The highest BCUT2D eigenvalue weighted by atomic mass is 32.1. The summed E-state index contributed by atoms with van der Waals surface area (Å²) < 4.78 is 33.4. The molecule has 29 nitrogen and oxygen atoms in total. The number of para-hydroxylation sites is 1. The van der Waals surface area contributed by atoms with E-state index in [1.807, 2.05) is 40.8 Å². The number of fused-ring (bicyclic) bond motifs is 2. The van der Waals surface area contributed by atoms with Crippen LogP contribution in [0.2, 0.25) is 0 Å². The Morgan fingerprint density at radius 1 is 0.821 bits per heavy atom. The van der Waals surface area contributed by atoms with Gasteiger partial charge in [-0.15, -0.1) is 0 Å². The van der Waals surface area contributed by atoms with Gasteiger partial charge in [0.2, 0.25) is 11.8 Å². The lowest BCUT2D eigenvalue weighted by Crippen LogP contribution is -2.64. The predicted octanol–water partition coefficient (Wildman–Crippen LogP) is 8.99. The molecule has 3 aromatic heterocycles. The Balaban J connectivity index is 0.722. The topological polar surface area (TPSA) is 404 Å². The second kappa shape index (κ2) is 32.2. The first-order valence-electron chi connectivity index (χ1n) is 35.9. The van der Waals surface area contributed by atoms with Crippen molar-refractivity contribution in [1.29, 1.82) is 0 Å². The number of aromatic nitrogens is 4. The number of nitrogens with two attached hydrogens (primary N) is 2. The molecule has 9 amide bonds. The van der Waals surface area contributed by atoms with E-state index < -0.39 is 72.9 Å². The molecular weight excluding hydrogens is 1400 g/mol. The largest absolute Gasteiger partial charge is 0.493 e. The number of thiazole rings is 1. The quantitative estimate of drug-likeness (QED) is 0.0106. The van der Waals surface area contributed by atoms with E-state index in [0.717, 1.165) is 64.9 Å². The number of unbranched alkanes of at least 4 members (excludes halogenated alkanes) is 2. The zero-order chi connectivity index (χ0) is 76.0. The van der Waals surface area contributed by atoms with Crippen LogP contribution >= 0.6 is 18.9 Å². The SMILES string of the molecule is Cc1c(-c2ccc(N3CCc4c(OCCCP(=O)(O)O)ccc(C(=O)Nc5nc6ccccc6s5)c4C3)nc2C(=O)O)cnn1CC12CC3(C)CC(C)(C1)CC(OCCN(C)C(=O)OCc1ccc(N(C(=O)[C@@H](NC(=O)CCCCCN4C(=O)C=CC4=O)C(C)C)[C@@H](CCCNC(N)=O)C(N)=O)cc1)(C3)C2. The summed E-state index contributed by atoms with van der Waals surface area (Å²) in [4.78, 5) is 152. The molecule has 566 valence electrons. The Kier molecular flexibility index (Phi) is 23.6. The molecule has 3 aromatic carbocycles. The van der Waals surface area contributed by atoms with E-state index in [4.69, 9.17) is 35.8 Å². The number of likely N-dealkylation sites (N-methyl/N-ethyl adjacent to an activating group) is 1. The smallest absolute Gasteiger partial charge is 0.409 e. The van der Waals surface area contributed by atoms with E-state index in [1.165, 1.54) is 33.3 Å². The number of aromatic carboxylic acids is 1. The van der Waals surface area contributed by atoms with E-state index in [-0.39, 0.29) is 117 Å². The maximum Gasteiger partial charge on any atom is 0.409 e. The molecule has 0 saturated heterocycles. The lowest BCUT2D eigenvalue weighted by Gasteiger charge is -2.69. The minimum absolute atomic E-state index is 0.0352. The van der Waals surface area contributed by atoms with Crippen molar-refractivity contribution >= 4 is 99.3 Å². The molecule has 4 aliphatic carbocycles. The molecule has 12 rings (SSSR count). The van der Waals surface area contributed by atoms with Gasteiger partial charge in [-0.25, -0.2) is 24.4 Å². The number of hydrogen-bond acceptors (Lipinski definition) is 18. The average Bonchev–Trinajstić information content (AvgIpc) is 0.751. The van der Waals surface area contributed by atoms with Gasteiger partial charge in [0.05, 0.1) is 41.4 Å². The number of benzene rings is 3. The highest BCUT2D eigenvalue weighted by molar-refractivity contribution is 7.51. The number of urea groups is 1. The minimum Gasteiger partial charge on any atom is -0.493 e. The number of carboxylic acids is 1. The van der Waals surface area contributed by atoms with Crippen LogP contribution in [0.4, 0.5) is 26.2 Å². The molecule has 2 aliphatic heterocycles. The van der Waals surface area contributed by atoms with Crippen molar-refractivity contribution < 1.29 is 76.8 Å². The first kappa shape index (κ1) is 77.5. The van der Waals surface area contributed by atoms with E-state index in [9.17, 15) is 62.6 Å². The Hall–Kier alpha value is -9.61. The summed E-state index contributed by atoms with van der Waals surface area (Å²) >= 11 is 1.34. The first-order valence-corrected chi connectivity index (χ1v) is 38.5. The van der Waals surface area contributed by atoms with Crippen molar-refractivity contribution in [2.75, 3.05) is 67.7 Å². The average molecular weight is 1500 g/mol. The van der Waals surface area contributed by atoms with Crippen LogP contribution in [0.5, 0.6) is 5.75 Å². The summed E-state index contributed by atoms with van der Waals surface area (Å²) in [7, 11) is -2.61. The van der Waals surface area contributed by atoms with Gasteiger partial charge in [-0.1, -0.05) is 69.7 Å². The fourth-order valence-electron chi connectivity index (χ4n) is 17.2. The molecule has 6 aliphatic rings. The molecule has 4 saturated carbocycles. The zero-order valence-electron chi connectivity index (χ0n) is 60.6. The van der Waals surface area contributed by atoms with E-state index in [0.29, 0.717) is 83.3 Å². The van der Waals surface area contributed by atoms with Gasteiger partial charge in [0.1, 0.15) is 30.3 Å². The number of nitrogens with zero attached hydrogens (tertiary/aromatic N) is 8. The number of imide groups is 1. The summed E-state index contributed by atoms with van der Waals surface area (Å²) in [6.07, 6.45) is 10.8. The second-order valence-corrected chi connectivity index (χ2v) is 32.9. The first-order chi connectivity index (χ1) is 50.3. The minimum atomic E-state index is -4.25. The third-order valence-electron chi connectivity index (χ3n) is 20.9. The number of carbonyl (C=O) groups is 9. The monoisotopic (exact) mass is 1500 g/mol. The van der Waals surface area contributed by atoms with Gasteiger partial charge < -0.3 is 61.0 Å². The van der Waals surface area contributed by atoms with Gasteiger partial charge in [0.25, 0.3) is 23.6 Å². The molecule has 4 fully saturated rings. The third kappa shape index (κ3) is 18.2. The number of pyridine rings is 1. The Labute approximate surface area is 618 Å². The summed E-state index contributed by atoms with van der Waals surface area (Å²) in [5.41, 5.74) is 15.4. The standard InChI is InChI=1S/C75H94N13O16PS/c1-46(2)63(82-60(89)17-8-7-11-30-86-61(90)26-27-62(86)91)67(94)88(56(65(76)92)15-12-29-78-69(77)97)49-20-18-48(19-21-49)38-103-71(98)84(6)32-34-104-75-42-72(4)39-73(5,43-75)41-74(40-72,44-75)45-87-47(3)53(36-79-87)51-23-25-59(81-64(51)68(95)96)85-31-28-50-54(37-85)52(22-24-57(50)102-33-13-35-105(99,100)101)66(93)83-70-80-55-14-9-10-16-58(55)106-70/h9-10,14,16,18-27,36,46,56,63H,7-8,11-13,15,17,28-35,37-45H2,1-6H3,(H2,76,92)(H,82,89)(H,95,96)(H3,77,78,97)(H,80,83,93)(H2,99,100,101)/t56-,63-,72?,73?,74?,75?/m0/s1. The summed E-state index contributed by atoms with van der Waals surface area (Å²) in [5, 5.41) is 24.5. The molecule has 2 unspecified atom stereocenters. The Morgan fingerprint density at radius 3 is 2.23 bits per heavy atom. The van der Waals surface area contributed by atoms with Crippen LogP contribution in [0.15, 0.2) is 91.1 Å². The Morgan fingerprint density at radius 2 is 1.55 bits per heavy atom. The molecule has 5 heterocycles. The van der Waals surface area contributed by atoms with Crippen molar-refractivity contribution in [2.24, 2.45) is 33.6 Å². The highest BCUT2D eigenvalue weighted by Crippen LogP contribution is 2.72. The molecule has 106 heavy (non-hydrogen) atoms. The zero-order valence-corrected chi connectivity index (χ0v) is 62.3. The van der Waals surface area contributed by atoms with Crippen molar-refractivity contribution in [3.05, 3.63) is 125 Å². The number of hydrogen-bond donors (Lipinski definition) is 8. The molecule has 31 heteroatoms. The van der Waals surface area contributed by atoms with Gasteiger partial charge in [-0.3, -0.25) is 53.1 Å². The number of amides is 9. The summed E-state index contributed by atoms with van der Waals surface area (Å²) in [6.45, 7) is 11.9. The van der Waals surface area contributed by atoms with Gasteiger partial charge in [-0.2, -0.15) is 5.10 Å². The Bertz CT molecular complexity index is 4370. The van der Waals surface area contributed by atoms with Crippen molar-refractivity contribution in [2.45, 2.75) is 162 Å². The molecule has 0 radical (unpaired) electrons. The fourth-order valence-corrected chi connectivity index (χ4v) is 18.6. The summed E-state index contributed by atoms with van der Waals surface area (Å²) in [5.74, 6) is -3.80. The van der Waals surface area contributed by atoms with Gasteiger partial charge in [0.15, 0.2) is 10.8 Å². The maximum absolute atomic E-state index is 14.7. The maximum atomic E-state index is 14.7. The predicted molar refractivity (Wildman–Crippen MR) is 396 cm³/mol. The van der Waals surface area contributed by atoms with Crippen molar-refractivity contribution in [3.63, 3.8) is 0 Å². The van der Waals surface area contributed by atoms with Gasteiger partial charge in [-0.05, 0) is 166 Å². The molecule has 4 atom stereocenters. The molecule has 6 aromatic rings. The van der Waals surface area contributed by atoms with Crippen LogP contribution in [0.1, 0.15) is 154 Å². The van der Waals surface area contributed by atoms with Crippen molar-refractivity contribution in [1.82, 2.24) is 40.2 Å². The number of ether oxygens (including phenoxy) is 3. The van der Waals surface area contributed by atoms with Crippen LogP contribution in [-0.2, 0) is 64.1 Å². The van der Waals surface area contributed by atoms with Crippen LogP contribution in [0.25, 0.3) is 21.3 Å². The lowest BCUT2D eigenvalue weighted by atomic mass is 9.39. The highest BCUT2D eigenvalue weighted by Gasteiger charge is 2.66. The van der Waals surface area contributed by atoms with Gasteiger partial charge >= 0.3 is 25.7 Å². The van der Waals surface area contributed by atoms with Crippen LogP contribution in [0.3, 0.4) is 0 Å². The van der Waals surface area contributed by atoms with E-state index >= 15 is 0 Å². The van der Waals surface area contributed by atoms with Crippen LogP contribution < -0.4 is 42.0 Å². The lowest BCUT2D eigenvalue weighted by molar-refractivity contribution is -0.248. The van der Waals surface area contributed by atoms with Crippen LogP contribution in [-0.4, -0.2) is 168 Å². The molecule has 0 spiro atoms. The number of carbonyl (C=O) groups excluding carboxylic acids is 8. The number of primary amides is 2. The third-order valence-corrected chi connectivity index (χ3v) is 22.8. The fraction of sp³-hybridized carbons (Fsp3) is 0.493. The molecule has 10 N–H and O–H groups in total. The normalized spacial score (nSPS) is 20.7. The van der Waals surface area contributed by atoms with E-state index in [1.54, 1.807) is 75.6 Å². The van der Waals surface area contributed by atoms with Crippen LogP contribution in [0, 0.1) is 29.1 Å². The van der Waals surface area contributed by atoms with Crippen molar-refractivity contribution in [3.8, 4) is 16.9 Å².